The molecule has 4 heterocycles. The molecule has 0 aromatic carbocycles. The lowest BCUT2D eigenvalue weighted by Crippen LogP contribution is -2.21. The number of hydrogen-bond acceptors (Lipinski definition) is 6. The third-order valence-corrected chi connectivity index (χ3v) is 6.32. The van der Waals surface area contributed by atoms with E-state index in [1.54, 1.807) is 17.1 Å². The molecule has 9 nitrogen and oxygen atoms in total. The Labute approximate surface area is 180 Å². The first-order valence-corrected chi connectivity index (χ1v) is 10.7. The molecule has 162 valence electrons. The Balaban J connectivity index is 1.52. The lowest BCUT2D eigenvalue weighted by molar-refractivity contribution is 0.0783. The van der Waals surface area contributed by atoms with Crippen molar-refractivity contribution in [1.29, 1.82) is 0 Å². The van der Waals surface area contributed by atoms with Crippen molar-refractivity contribution in [1.82, 2.24) is 34.2 Å². The van der Waals surface area contributed by atoms with Gasteiger partial charge in [0, 0.05) is 23.5 Å². The molecular formula is C22H27N7O2. The lowest BCUT2D eigenvalue weighted by atomic mass is 9.87. The Bertz CT molecular complexity index is 1210. The molecule has 0 saturated heterocycles. The quantitative estimate of drug-likeness (QED) is 0.496. The highest BCUT2D eigenvalue weighted by Gasteiger charge is 2.36. The highest BCUT2D eigenvalue weighted by Crippen LogP contribution is 2.45. The van der Waals surface area contributed by atoms with E-state index in [0.29, 0.717) is 6.04 Å². The number of aromatic nitrogens is 7. The maximum absolute atomic E-state index is 9.68. The first kappa shape index (κ1) is 19.9. The summed E-state index contributed by atoms with van der Waals surface area (Å²) < 4.78 is 5.51. The Morgan fingerprint density at radius 3 is 2.74 bits per heavy atom. The zero-order valence-electron chi connectivity index (χ0n) is 17.8. The molecule has 1 unspecified atom stereocenters. The second kappa shape index (κ2) is 7.58. The summed E-state index contributed by atoms with van der Waals surface area (Å²) in [7, 11) is 0. The molecule has 0 aliphatic heterocycles. The van der Waals surface area contributed by atoms with Crippen LogP contribution in [0.25, 0.3) is 28.0 Å². The van der Waals surface area contributed by atoms with E-state index in [9.17, 15) is 5.11 Å². The van der Waals surface area contributed by atoms with Crippen LogP contribution in [0.4, 0.5) is 0 Å². The second-order valence-electron chi connectivity index (χ2n) is 9.03. The molecule has 2 atom stereocenters. The van der Waals surface area contributed by atoms with Gasteiger partial charge in [-0.2, -0.15) is 15.3 Å². The summed E-state index contributed by atoms with van der Waals surface area (Å²) in [6.07, 6.45) is 13.8. The summed E-state index contributed by atoms with van der Waals surface area (Å²) in [5, 5.41) is 32.1. The molecule has 5 rings (SSSR count). The molecule has 2 N–H and O–H groups in total. The van der Waals surface area contributed by atoms with Gasteiger partial charge in [0.05, 0.1) is 67.0 Å². The smallest absolute Gasteiger partial charge is 0.0999 e. The van der Waals surface area contributed by atoms with E-state index in [4.69, 9.17) is 10.1 Å². The molecule has 1 saturated carbocycles. The molecule has 9 heteroatoms. The zero-order chi connectivity index (χ0) is 21.6. The first-order valence-electron chi connectivity index (χ1n) is 10.7. The topological polar surface area (TPSA) is 106 Å². The van der Waals surface area contributed by atoms with Crippen molar-refractivity contribution in [3.8, 4) is 22.5 Å². The van der Waals surface area contributed by atoms with Gasteiger partial charge in [0.25, 0.3) is 0 Å². The van der Waals surface area contributed by atoms with E-state index in [1.165, 1.54) is 12.8 Å². The van der Waals surface area contributed by atoms with Gasteiger partial charge in [-0.15, -0.1) is 0 Å². The van der Waals surface area contributed by atoms with Gasteiger partial charge in [-0.25, -0.2) is 9.50 Å². The van der Waals surface area contributed by atoms with Crippen molar-refractivity contribution in [2.24, 2.45) is 5.41 Å². The number of aliphatic hydroxyl groups is 2. The molecular weight excluding hydrogens is 394 g/mol. The number of hydrogen-bond donors (Lipinski definition) is 2. The minimum absolute atomic E-state index is 0.220. The summed E-state index contributed by atoms with van der Waals surface area (Å²) in [6.45, 7) is 4.53. The predicted octanol–water partition coefficient (Wildman–Crippen LogP) is 2.56. The van der Waals surface area contributed by atoms with Crippen LogP contribution in [0.5, 0.6) is 0 Å². The molecule has 4 aromatic rings. The van der Waals surface area contributed by atoms with Gasteiger partial charge in [0.2, 0.25) is 0 Å². The van der Waals surface area contributed by atoms with Crippen molar-refractivity contribution in [2.45, 2.75) is 51.8 Å². The second-order valence-corrected chi connectivity index (χ2v) is 9.03. The molecule has 4 aromatic heterocycles. The fourth-order valence-electron chi connectivity index (χ4n) is 4.58. The number of fused-ring (bicyclic) bond motifs is 1. The molecule has 1 fully saturated rings. The highest BCUT2D eigenvalue weighted by atomic mass is 16.3. The van der Waals surface area contributed by atoms with Crippen molar-refractivity contribution in [2.75, 3.05) is 6.61 Å². The Hall–Kier alpha value is -3.04. The van der Waals surface area contributed by atoms with Gasteiger partial charge in [0.15, 0.2) is 0 Å². The lowest BCUT2D eigenvalue weighted by Gasteiger charge is -2.27. The van der Waals surface area contributed by atoms with Crippen molar-refractivity contribution in [3.63, 3.8) is 0 Å². The summed E-state index contributed by atoms with van der Waals surface area (Å²) in [6, 6.07) is 2.34. The van der Waals surface area contributed by atoms with E-state index in [0.717, 1.165) is 34.5 Å². The van der Waals surface area contributed by atoms with Crippen molar-refractivity contribution in [3.05, 3.63) is 43.2 Å². The third-order valence-electron chi connectivity index (χ3n) is 6.32. The fourth-order valence-corrected chi connectivity index (χ4v) is 4.58. The number of aliphatic hydroxyl groups excluding tert-OH is 2. The summed E-state index contributed by atoms with van der Waals surface area (Å²) in [5.74, 6) is 0. The van der Waals surface area contributed by atoms with Crippen LogP contribution in [-0.4, -0.2) is 57.1 Å². The van der Waals surface area contributed by atoms with E-state index >= 15 is 0 Å². The van der Waals surface area contributed by atoms with Crippen LogP contribution in [0.1, 0.15) is 39.2 Å². The van der Waals surface area contributed by atoms with Crippen molar-refractivity contribution < 1.29 is 10.2 Å². The van der Waals surface area contributed by atoms with Crippen LogP contribution in [0, 0.1) is 5.41 Å². The minimum atomic E-state index is -0.851. The van der Waals surface area contributed by atoms with Crippen LogP contribution < -0.4 is 0 Å². The largest absolute Gasteiger partial charge is 0.394 e. The Kier molecular flexibility index (Phi) is 4.86. The van der Waals surface area contributed by atoms with E-state index in [1.807, 2.05) is 29.2 Å². The first-order chi connectivity index (χ1) is 14.9. The van der Waals surface area contributed by atoms with E-state index in [2.05, 4.69) is 40.0 Å². The predicted molar refractivity (Wildman–Crippen MR) is 115 cm³/mol. The molecule has 0 bridgehead atoms. The highest BCUT2D eigenvalue weighted by molar-refractivity contribution is 5.78. The normalized spacial score (nSPS) is 19.3. The molecule has 1 aliphatic carbocycles. The van der Waals surface area contributed by atoms with Gasteiger partial charge in [-0.05, 0) is 24.3 Å². The zero-order valence-corrected chi connectivity index (χ0v) is 17.8. The Morgan fingerprint density at radius 2 is 1.97 bits per heavy atom. The van der Waals surface area contributed by atoms with Gasteiger partial charge < -0.3 is 10.2 Å². The van der Waals surface area contributed by atoms with Crippen LogP contribution in [0.2, 0.25) is 0 Å². The van der Waals surface area contributed by atoms with Crippen LogP contribution in [0.15, 0.2) is 43.2 Å². The maximum atomic E-state index is 9.68. The minimum Gasteiger partial charge on any atom is -0.394 e. The van der Waals surface area contributed by atoms with Gasteiger partial charge >= 0.3 is 0 Å². The molecule has 0 amide bonds. The Morgan fingerprint density at radius 1 is 1.13 bits per heavy atom. The van der Waals surface area contributed by atoms with Crippen molar-refractivity contribution >= 4 is 5.52 Å². The summed E-state index contributed by atoms with van der Waals surface area (Å²) in [4.78, 5) is 4.92. The van der Waals surface area contributed by atoms with Gasteiger partial charge in [-0.3, -0.25) is 9.36 Å². The SMILES string of the molecule is CC1(C)CCC[C@H]1n1cc(-c2nc(-c3cnn(CC(O)CO)c3)cn3nccc23)cn1. The summed E-state index contributed by atoms with van der Waals surface area (Å²) >= 11 is 0. The van der Waals surface area contributed by atoms with Gasteiger partial charge in [0.1, 0.15) is 0 Å². The average molecular weight is 422 g/mol. The van der Waals surface area contributed by atoms with Crippen LogP contribution in [0.3, 0.4) is 0 Å². The average Bonchev–Trinajstić information content (AvgIpc) is 3.53. The fraction of sp³-hybridized carbons (Fsp3) is 0.455. The number of nitrogens with zero attached hydrogens (tertiary/aromatic N) is 7. The molecule has 0 spiro atoms. The summed E-state index contributed by atoms with van der Waals surface area (Å²) in [5.41, 5.74) is 4.46. The number of rotatable bonds is 6. The van der Waals surface area contributed by atoms with E-state index < -0.39 is 6.10 Å². The molecule has 31 heavy (non-hydrogen) atoms. The van der Waals surface area contributed by atoms with Crippen LogP contribution in [-0.2, 0) is 6.54 Å². The third kappa shape index (κ3) is 3.64. The monoisotopic (exact) mass is 421 g/mol. The maximum Gasteiger partial charge on any atom is 0.0999 e. The molecule has 1 aliphatic rings. The molecule has 0 radical (unpaired) electrons. The van der Waals surface area contributed by atoms with Gasteiger partial charge in [-0.1, -0.05) is 20.3 Å². The standard InChI is InChI=1S/C22H27N7O2/c1-22(2)6-3-4-20(22)29-11-16(9-25-29)21-19-5-7-23-28(19)13-18(26-21)15-8-24-27(10-15)12-17(31)14-30/h5,7-11,13,17,20,30-31H,3-4,6,12,14H2,1-2H3/t17?,20-/m1/s1. The van der Waals surface area contributed by atoms with E-state index in [-0.39, 0.29) is 18.6 Å². The van der Waals surface area contributed by atoms with Crippen LogP contribution >= 0.6 is 0 Å².